The van der Waals surface area contributed by atoms with E-state index < -0.39 is 34.2 Å². The van der Waals surface area contributed by atoms with Crippen molar-refractivity contribution in [2.24, 2.45) is 11.8 Å². The molecule has 4 aliphatic heterocycles. The Bertz CT molecular complexity index is 1450. The van der Waals surface area contributed by atoms with Gasteiger partial charge in [0.2, 0.25) is 17.7 Å². The van der Waals surface area contributed by atoms with Crippen LogP contribution in [0.3, 0.4) is 0 Å². The molecular weight excluding hydrogens is 562 g/mol. The minimum atomic E-state index is -0.965. The molecule has 0 aromatic heterocycles. The van der Waals surface area contributed by atoms with Crippen molar-refractivity contribution in [1.29, 1.82) is 0 Å². The third-order valence-electron chi connectivity index (χ3n) is 9.06. The van der Waals surface area contributed by atoms with Crippen LogP contribution in [0, 0.1) is 11.8 Å². The molecular formula is C34H39N3O5S. The number of nitrogens with zero attached hydrogens (tertiary/aromatic N) is 3. The molecule has 2 saturated heterocycles. The molecule has 0 bridgehead atoms. The van der Waals surface area contributed by atoms with Crippen LogP contribution in [0.15, 0.2) is 78.9 Å². The van der Waals surface area contributed by atoms with Crippen molar-refractivity contribution in [3.8, 4) is 5.75 Å². The number of aliphatic hydroxyl groups excluding tert-OH is 1. The highest BCUT2D eigenvalue weighted by atomic mass is 32.2. The molecule has 1 spiro atoms. The SMILES string of the molecule is CCOc1ccc(N2CC=C[C@@H]3S[C@]45C=CCN(C(C)(C)C)C(=O)C4N([C@H](CO)c4ccccc4)C(=O)[C@@H]5[C@@H]3C2=O)cc1. The van der Waals surface area contributed by atoms with E-state index >= 15 is 0 Å². The molecule has 9 heteroatoms. The van der Waals surface area contributed by atoms with Crippen molar-refractivity contribution in [1.82, 2.24) is 9.80 Å². The Labute approximate surface area is 257 Å². The fourth-order valence-electron chi connectivity index (χ4n) is 7.17. The van der Waals surface area contributed by atoms with Crippen LogP contribution >= 0.6 is 11.8 Å². The van der Waals surface area contributed by atoms with Gasteiger partial charge in [-0.3, -0.25) is 14.4 Å². The summed E-state index contributed by atoms with van der Waals surface area (Å²) in [5, 5.41) is 10.5. The molecule has 8 nitrogen and oxygen atoms in total. The van der Waals surface area contributed by atoms with E-state index in [0.717, 1.165) is 17.0 Å². The van der Waals surface area contributed by atoms with Gasteiger partial charge in [-0.05, 0) is 57.5 Å². The highest BCUT2D eigenvalue weighted by Crippen LogP contribution is 2.62. The van der Waals surface area contributed by atoms with Crippen molar-refractivity contribution in [2.75, 3.05) is 31.2 Å². The van der Waals surface area contributed by atoms with Crippen molar-refractivity contribution < 1.29 is 24.2 Å². The third kappa shape index (κ3) is 4.77. The Kier molecular flexibility index (Phi) is 7.67. The number of fused-ring (bicyclic) bond motifs is 2. The number of carbonyl (C=O) groups excluding carboxylic acids is 3. The van der Waals surface area contributed by atoms with Gasteiger partial charge in [0.25, 0.3) is 0 Å². The van der Waals surface area contributed by atoms with Gasteiger partial charge in [-0.1, -0.05) is 54.6 Å². The van der Waals surface area contributed by atoms with Gasteiger partial charge in [-0.15, -0.1) is 11.8 Å². The smallest absolute Gasteiger partial charge is 0.247 e. The average Bonchev–Trinajstić information content (AvgIpc) is 3.29. The second-order valence-corrected chi connectivity index (χ2v) is 14.0. The van der Waals surface area contributed by atoms with Crippen molar-refractivity contribution in [3.63, 3.8) is 0 Å². The number of aliphatic hydroxyl groups is 1. The number of hydrogen-bond acceptors (Lipinski definition) is 6. The molecule has 1 unspecified atom stereocenters. The highest BCUT2D eigenvalue weighted by molar-refractivity contribution is 8.02. The Morgan fingerprint density at radius 1 is 0.977 bits per heavy atom. The summed E-state index contributed by atoms with van der Waals surface area (Å²) in [4.78, 5) is 49.1. The lowest BCUT2D eigenvalue weighted by atomic mass is 9.78. The normalized spacial score (nSPS) is 29.2. The molecule has 3 amide bonds. The predicted molar refractivity (Wildman–Crippen MR) is 168 cm³/mol. The molecule has 43 heavy (non-hydrogen) atoms. The lowest BCUT2D eigenvalue weighted by Gasteiger charge is -2.42. The van der Waals surface area contributed by atoms with Gasteiger partial charge >= 0.3 is 0 Å². The summed E-state index contributed by atoms with van der Waals surface area (Å²) >= 11 is 1.55. The van der Waals surface area contributed by atoms with Crippen molar-refractivity contribution in [3.05, 3.63) is 84.5 Å². The second-order valence-electron chi connectivity index (χ2n) is 12.5. The first kappa shape index (κ1) is 29.5. The van der Waals surface area contributed by atoms with E-state index in [-0.39, 0.29) is 29.6 Å². The predicted octanol–water partition coefficient (Wildman–Crippen LogP) is 4.22. The van der Waals surface area contributed by atoms with Crippen LogP contribution < -0.4 is 9.64 Å². The summed E-state index contributed by atoms with van der Waals surface area (Å²) in [6, 6.07) is 15.2. The molecule has 6 rings (SSSR count). The van der Waals surface area contributed by atoms with Gasteiger partial charge < -0.3 is 24.5 Å². The number of amides is 3. The maximum atomic E-state index is 14.8. The van der Waals surface area contributed by atoms with Gasteiger partial charge in [0.1, 0.15) is 11.8 Å². The van der Waals surface area contributed by atoms with Gasteiger partial charge in [-0.25, -0.2) is 0 Å². The van der Waals surface area contributed by atoms with Crippen LogP contribution in [0.2, 0.25) is 0 Å². The van der Waals surface area contributed by atoms with E-state index in [0.29, 0.717) is 19.7 Å². The van der Waals surface area contributed by atoms with Crippen LogP contribution in [-0.4, -0.2) is 80.5 Å². The molecule has 1 N–H and O–H groups in total. The molecule has 2 aromatic carbocycles. The van der Waals surface area contributed by atoms with E-state index in [4.69, 9.17) is 4.74 Å². The van der Waals surface area contributed by atoms with Crippen LogP contribution in [0.1, 0.15) is 39.3 Å². The largest absolute Gasteiger partial charge is 0.494 e. The van der Waals surface area contributed by atoms with Crippen LogP contribution in [0.4, 0.5) is 5.69 Å². The zero-order chi connectivity index (χ0) is 30.5. The average molecular weight is 602 g/mol. The number of rotatable bonds is 6. The number of carbonyl (C=O) groups is 3. The van der Waals surface area contributed by atoms with Gasteiger partial charge in [0.05, 0.1) is 35.8 Å². The minimum Gasteiger partial charge on any atom is -0.494 e. The summed E-state index contributed by atoms with van der Waals surface area (Å²) in [6.45, 7) is 8.89. The van der Waals surface area contributed by atoms with Crippen molar-refractivity contribution >= 4 is 35.2 Å². The number of hydrogen-bond donors (Lipinski definition) is 1. The summed E-state index contributed by atoms with van der Waals surface area (Å²) in [6.07, 6.45) is 8.03. The van der Waals surface area contributed by atoms with Crippen LogP contribution in [0.5, 0.6) is 5.75 Å². The maximum absolute atomic E-state index is 14.8. The third-order valence-corrected chi connectivity index (χ3v) is 10.8. The number of ether oxygens (including phenoxy) is 1. The lowest BCUT2D eigenvalue weighted by Crippen LogP contribution is -2.58. The monoisotopic (exact) mass is 601 g/mol. The van der Waals surface area contributed by atoms with Crippen LogP contribution in [-0.2, 0) is 14.4 Å². The zero-order valence-corrected chi connectivity index (χ0v) is 25.9. The minimum absolute atomic E-state index is 0.138. The second kappa shape index (κ2) is 11.2. The molecule has 0 aliphatic carbocycles. The van der Waals surface area contributed by atoms with Gasteiger partial charge in [0, 0.05) is 29.6 Å². The number of thioether (sulfide) groups is 1. The number of anilines is 1. The van der Waals surface area contributed by atoms with Gasteiger partial charge in [-0.2, -0.15) is 0 Å². The molecule has 4 aliphatic rings. The fourth-order valence-corrected chi connectivity index (χ4v) is 9.16. The lowest BCUT2D eigenvalue weighted by molar-refractivity contribution is -0.148. The van der Waals surface area contributed by atoms with E-state index in [1.807, 2.05) is 111 Å². The summed E-state index contributed by atoms with van der Waals surface area (Å²) in [5.74, 6) is -1.29. The van der Waals surface area contributed by atoms with E-state index in [1.165, 1.54) is 0 Å². The molecule has 2 aromatic rings. The first-order chi connectivity index (χ1) is 20.6. The van der Waals surface area contributed by atoms with E-state index in [2.05, 4.69) is 0 Å². The number of benzene rings is 2. The highest BCUT2D eigenvalue weighted by Gasteiger charge is 2.72. The Balaban J connectivity index is 1.46. The maximum Gasteiger partial charge on any atom is 0.247 e. The van der Waals surface area contributed by atoms with Crippen LogP contribution in [0.25, 0.3) is 0 Å². The quantitative estimate of drug-likeness (QED) is 0.499. The van der Waals surface area contributed by atoms with E-state index in [9.17, 15) is 19.5 Å². The zero-order valence-electron chi connectivity index (χ0n) is 25.1. The van der Waals surface area contributed by atoms with Crippen molar-refractivity contribution in [2.45, 2.75) is 55.3 Å². The molecule has 0 saturated carbocycles. The molecule has 226 valence electrons. The summed E-state index contributed by atoms with van der Waals surface area (Å²) < 4.78 is 4.63. The van der Waals surface area contributed by atoms with Gasteiger partial charge in [0.15, 0.2) is 0 Å². The molecule has 6 atom stereocenters. The number of likely N-dealkylation sites (tertiary alicyclic amines) is 1. The molecule has 0 radical (unpaired) electrons. The standard InChI is InChI=1S/C34H39N3O5S/c1-5-42-24-16-14-23(15-17-24)35-19-9-13-26-27(30(35)39)28-31(40)37(25(21-38)22-11-7-6-8-12-22)29-32(41)36(33(2,3)4)20-10-18-34(28,29)43-26/h6-18,25-29,38H,5,19-21H2,1-4H3/t25-,26+,27-,28+,29?,34+/m1/s1. The molecule has 2 fully saturated rings. The Hall–Kier alpha value is -3.56. The first-order valence-corrected chi connectivity index (χ1v) is 15.9. The Morgan fingerprint density at radius 2 is 1.70 bits per heavy atom. The Morgan fingerprint density at radius 3 is 2.35 bits per heavy atom. The molecule has 4 heterocycles. The summed E-state index contributed by atoms with van der Waals surface area (Å²) in [5.41, 5.74) is 0.989. The first-order valence-electron chi connectivity index (χ1n) is 15.0. The summed E-state index contributed by atoms with van der Waals surface area (Å²) in [7, 11) is 0. The van der Waals surface area contributed by atoms with E-state index in [1.54, 1.807) is 21.6 Å². The fraction of sp³-hybridized carbons (Fsp3) is 0.441. The topological polar surface area (TPSA) is 90.4 Å².